The molecule has 0 unspecified atom stereocenters. The van der Waals surface area contributed by atoms with E-state index >= 15 is 0 Å². The highest BCUT2D eigenvalue weighted by Crippen LogP contribution is 2.33. The lowest BCUT2D eigenvalue weighted by Crippen LogP contribution is -2.27. The highest BCUT2D eigenvalue weighted by molar-refractivity contribution is 7.20. The number of hydrogen-bond acceptors (Lipinski definition) is 5. The molecule has 25 heavy (non-hydrogen) atoms. The van der Waals surface area contributed by atoms with Crippen molar-refractivity contribution in [1.29, 1.82) is 0 Å². The van der Waals surface area contributed by atoms with Gasteiger partial charge in [0.1, 0.15) is 11.4 Å². The van der Waals surface area contributed by atoms with Crippen LogP contribution in [0.25, 0.3) is 10.2 Å². The molecule has 0 bridgehead atoms. The second-order valence-corrected chi connectivity index (χ2v) is 7.78. The second kappa shape index (κ2) is 6.90. The van der Waals surface area contributed by atoms with E-state index in [2.05, 4.69) is 10.3 Å². The van der Waals surface area contributed by atoms with E-state index < -0.39 is 11.7 Å². The topological polar surface area (TPSA) is 60.5 Å². The Kier molecular flexibility index (Phi) is 4.83. The molecule has 1 N–H and O–H groups in total. The molecule has 3 aromatic rings. The van der Waals surface area contributed by atoms with E-state index in [0.717, 1.165) is 10.2 Å². The van der Waals surface area contributed by atoms with Gasteiger partial charge in [-0.05, 0) is 45.0 Å². The molecular weight excluding hydrogens is 360 g/mol. The van der Waals surface area contributed by atoms with Gasteiger partial charge in [-0.3, -0.25) is 5.32 Å². The molecule has 1 amide bonds. The van der Waals surface area contributed by atoms with Crippen LogP contribution in [0.15, 0.2) is 42.5 Å². The van der Waals surface area contributed by atoms with Gasteiger partial charge < -0.3 is 9.47 Å². The number of amides is 1. The smallest absolute Gasteiger partial charge is 0.412 e. The minimum absolute atomic E-state index is 0.435. The number of ether oxygens (including phenoxy) is 2. The van der Waals surface area contributed by atoms with Crippen LogP contribution in [-0.2, 0) is 4.74 Å². The first kappa shape index (κ1) is 17.5. The Labute approximate surface area is 154 Å². The summed E-state index contributed by atoms with van der Waals surface area (Å²) in [4.78, 5) is 16.3. The molecule has 0 saturated heterocycles. The zero-order valence-corrected chi connectivity index (χ0v) is 15.6. The highest BCUT2D eigenvalue weighted by Gasteiger charge is 2.17. The third kappa shape index (κ3) is 4.84. The number of carbonyl (C=O) groups is 1. The molecule has 0 spiro atoms. The number of aromatic nitrogens is 1. The normalized spacial score (nSPS) is 11.4. The van der Waals surface area contributed by atoms with Crippen molar-refractivity contribution in [3.63, 3.8) is 0 Å². The summed E-state index contributed by atoms with van der Waals surface area (Å²) in [6.07, 6.45) is -0.555. The average molecular weight is 377 g/mol. The first-order chi connectivity index (χ1) is 11.8. The SMILES string of the molecule is CC(C)(C)OC(=O)Nc1cc(Cl)cc(Oc2nc3ccccc3s2)c1. The van der Waals surface area contributed by atoms with Gasteiger partial charge in [0.05, 0.1) is 10.2 Å². The fourth-order valence-corrected chi connectivity index (χ4v) is 3.17. The predicted octanol–water partition coefficient (Wildman–Crippen LogP) is 6.09. The largest absolute Gasteiger partial charge is 0.444 e. The summed E-state index contributed by atoms with van der Waals surface area (Å²) < 4.78 is 12.1. The number of para-hydroxylation sites is 1. The van der Waals surface area contributed by atoms with Gasteiger partial charge in [0.2, 0.25) is 0 Å². The van der Waals surface area contributed by atoms with Crippen molar-refractivity contribution in [3.05, 3.63) is 47.5 Å². The second-order valence-electron chi connectivity index (χ2n) is 6.35. The van der Waals surface area contributed by atoms with E-state index in [1.165, 1.54) is 11.3 Å². The van der Waals surface area contributed by atoms with Gasteiger partial charge in [-0.1, -0.05) is 35.1 Å². The molecule has 0 radical (unpaired) electrons. The van der Waals surface area contributed by atoms with Crippen LogP contribution in [0.4, 0.5) is 10.5 Å². The van der Waals surface area contributed by atoms with E-state index in [4.69, 9.17) is 21.1 Å². The van der Waals surface area contributed by atoms with Gasteiger partial charge in [-0.15, -0.1) is 0 Å². The molecule has 0 aliphatic heterocycles. The van der Waals surface area contributed by atoms with E-state index in [-0.39, 0.29) is 0 Å². The van der Waals surface area contributed by atoms with E-state index in [1.807, 2.05) is 24.3 Å². The fourth-order valence-electron chi connectivity index (χ4n) is 2.11. The number of halogens is 1. The molecule has 1 aromatic heterocycles. The summed E-state index contributed by atoms with van der Waals surface area (Å²) in [5.74, 6) is 0.484. The van der Waals surface area contributed by atoms with Crippen LogP contribution in [0.2, 0.25) is 5.02 Å². The van der Waals surface area contributed by atoms with Gasteiger partial charge in [0.15, 0.2) is 0 Å². The fraction of sp³-hybridized carbons (Fsp3) is 0.222. The van der Waals surface area contributed by atoms with Crippen molar-refractivity contribution in [2.45, 2.75) is 26.4 Å². The molecule has 7 heteroatoms. The number of rotatable bonds is 3. The van der Waals surface area contributed by atoms with Crippen LogP contribution in [-0.4, -0.2) is 16.7 Å². The lowest BCUT2D eigenvalue weighted by atomic mass is 10.2. The number of nitrogens with zero attached hydrogens (tertiary/aromatic N) is 1. The van der Waals surface area contributed by atoms with Crippen molar-refractivity contribution < 1.29 is 14.3 Å². The van der Waals surface area contributed by atoms with Crippen LogP contribution in [0.1, 0.15) is 20.8 Å². The van der Waals surface area contributed by atoms with Crippen molar-refractivity contribution >= 4 is 44.9 Å². The Hall–Kier alpha value is -2.31. The number of carbonyl (C=O) groups excluding carboxylic acids is 1. The average Bonchev–Trinajstić information content (AvgIpc) is 2.86. The van der Waals surface area contributed by atoms with Gasteiger partial charge in [-0.2, -0.15) is 0 Å². The van der Waals surface area contributed by atoms with Crippen LogP contribution < -0.4 is 10.1 Å². The Morgan fingerprint density at radius 3 is 2.68 bits per heavy atom. The zero-order valence-electron chi connectivity index (χ0n) is 14.0. The van der Waals surface area contributed by atoms with E-state index in [9.17, 15) is 4.79 Å². The quantitative estimate of drug-likeness (QED) is 0.600. The molecule has 2 aromatic carbocycles. The summed E-state index contributed by atoms with van der Waals surface area (Å²) in [5.41, 5.74) is 0.776. The molecule has 0 aliphatic rings. The Morgan fingerprint density at radius 2 is 1.96 bits per heavy atom. The summed E-state index contributed by atoms with van der Waals surface area (Å²) in [7, 11) is 0. The van der Waals surface area contributed by atoms with Crippen molar-refractivity contribution in [1.82, 2.24) is 4.98 Å². The van der Waals surface area contributed by atoms with Crippen molar-refractivity contribution in [2.75, 3.05) is 5.32 Å². The summed E-state index contributed by atoms with van der Waals surface area (Å²) in [6.45, 7) is 5.39. The van der Waals surface area contributed by atoms with Gasteiger partial charge >= 0.3 is 6.09 Å². The first-order valence-electron chi connectivity index (χ1n) is 7.62. The van der Waals surface area contributed by atoms with Gasteiger partial charge in [-0.25, -0.2) is 9.78 Å². The lowest BCUT2D eigenvalue weighted by Gasteiger charge is -2.19. The monoisotopic (exact) mass is 376 g/mol. The predicted molar refractivity (Wildman–Crippen MR) is 101 cm³/mol. The summed E-state index contributed by atoms with van der Waals surface area (Å²) >= 11 is 7.56. The molecule has 1 heterocycles. The van der Waals surface area contributed by atoms with Crippen molar-refractivity contribution in [2.24, 2.45) is 0 Å². The van der Waals surface area contributed by atoms with Crippen molar-refractivity contribution in [3.8, 4) is 10.9 Å². The molecule has 0 aliphatic carbocycles. The minimum atomic E-state index is -0.580. The maximum Gasteiger partial charge on any atom is 0.412 e. The standard InChI is InChI=1S/C18H17ClN2O3S/c1-18(2,3)24-16(22)20-12-8-11(19)9-13(10-12)23-17-21-14-6-4-5-7-15(14)25-17/h4-10H,1-3H3,(H,20,22). The first-order valence-corrected chi connectivity index (χ1v) is 8.82. The minimum Gasteiger partial charge on any atom is -0.444 e. The number of hydrogen-bond donors (Lipinski definition) is 1. The Bertz CT molecular complexity index is 885. The number of benzene rings is 2. The highest BCUT2D eigenvalue weighted by atomic mass is 35.5. The molecule has 5 nitrogen and oxygen atoms in total. The summed E-state index contributed by atoms with van der Waals surface area (Å²) in [5, 5.41) is 3.59. The molecule has 0 saturated carbocycles. The van der Waals surface area contributed by atoms with Gasteiger partial charge in [0.25, 0.3) is 5.19 Å². The molecule has 3 rings (SSSR count). The van der Waals surface area contributed by atoms with Crippen LogP contribution >= 0.6 is 22.9 Å². The van der Waals surface area contributed by atoms with Gasteiger partial charge in [0, 0.05) is 16.8 Å². The number of nitrogens with one attached hydrogen (secondary N) is 1. The van der Waals surface area contributed by atoms with E-state index in [1.54, 1.807) is 39.0 Å². The number of anilines is 1. The Morgan fingerprint density at radius 1 is 1.20 bits per heavy atom. The maximum absolute atomic E-state index is 11.9. The summed E-state index contributed by atoms with van der Waals surface area (Å²) in [6, 6.07) is 12.7. The lowest BCUT2D eigenvalue weighted by molar-refractivity contribution is 0.0636. The zero-order chi connectivity index (χ0) is 18.0. The molecule has 0 fully saturated rings. The third-order valence-corrected chi connectivity index (χ3v) is 4.13. The number of fused-ring (bicyclic) bond motifs is 1. The third-order valence-electron chi connectivity index (χ3n) is 3.00. The molecule has 0 atom stereocenters. The number of thiazole rings is 1. The molecule has 130 valence electrons. The molecular formula is C18H17ClN2O3S. The van der Waals surface area contributed by atoms with Crippen LogP contribution in [0, 0.1) is 0 Å². The Balaban J connectivity index is 1.78. The maximum atomic E-state index is 11.9. The van der Waals surface area contributed by atoms with Crippen LogP contribution in [0.3, 0.4) is 0 Å². The van der Waals surface area contributed by atoms with Crippen LogP contribution in [0.5, 0.6) is 10.9 Å². The van der Waals surface area contributed by atoms with E-state index in [0.29, 0.717) is 21.7 Å².